The number of hydrogen-bond acceptors (Lipinski definition) is 4. The van der Waals surface area contributed by atoms with Crippen molar-refractivity contribution in [3.63, 3.8) is 0 Å². The molecule has 2 atom stereocenters. The topological polar surface area (TPSA) is 73.0 Å². The zero-order valence-corrected chi connectivity index (χ0v) is 16.7. The number of aromatic nitrogens is 3. The summed E-state index contributed by atoms with van der Waals surface area (Å²) in [5.41, 5.74) is 3.76. The Morgan fingerprint density at radius 3 is 2.81 bits per heavy atom. The van der Waals surface area contributed by atoms with E-state index >= 15 is 0 Å². The first-order chi connectivity index (χ1) is 12.2. The molecule has 2 heterocycles. The van der Waals surface area contributed by atoms with Crippen LogP contribution in [-0.2, 0) is 19.4 Å². The highest BCUT2D eigenvalue weighted by Gasteiger charge is 2.34. The second-order valence-corrected chi connectivity index (χ2v) is 8.43. The molecule has 0 radical (unpaired) electrons. The van der Waals surface area contributed by atoms with Crippen LogP contribution in [0.5, 0.6) is 0 Å². The summed E-state index contributed by atoms with van der Waals surface area (Å²) in [6.07, 6.45) is 4.62. The van der Waals surface area contributed by atoms with Crippen molar-refractivity contribution in [2.24, 2.45) is 11.3 Å². The number of fused-ring (bicyclic) bond motifs is 1. The Balaban J connectivity index is 1.77. The van der Waals surface area contributed by atoms with Gasteiger partial charge < -0.3 is 9.84 Å². The summed E-state index contributed by atoms with van der Waals surface area (Å²) in [4.78, 5) is 12.8. The number of hydrogen-bond donors (Lipinski definition) is 1. The molecule has 2 aromatic heterocycles. The van der Waals surface area contributed by atoms with Gasteiger partial charge in [-0.05, 0) is 44.9 Å². The molecule has 142 valence electrons. The first-order valence-corrected chi connectivity index (χ1v) is 9.53. The average Bonchev–Trinajstić information content (AvgIpc) is 3.16. The van der Waals surface area contributed by atoms with Gasteiger partial charge in [-0.1, -0.05) is 25.9 Å². The van der Waals surface area contributed by atoms with E-state index in [0.29, 0.717) is 11.6 Å². The van der Waals surface area contributed by atoms with E-state index in [4.69, 9.17) is 4.52 Å². The lowest BCUT2D eigenvalue weighted by molar-refractivity contribution is 0.0929. The van der Waals surface area contributed by atoms with Gasteiger partial charge in [0.25, 0.3) is 5.91 Å². The highest BCUT2D eigenvalue weighted by atomic mass is 16.5. The first-order valence-electron chi connectivity index (χ1n) is 9.53. The number of aryl methyl sites for hydroxylation is 2. The molecule has 1 aliphatic rings. The lowest BCUT2D eigenvalue weighted by Gasteiger charge is -2.33. The van der Waals surface area contributed by atoms with Gasteiger partial charge in [-0.2, -0.15) is 5.10 Å². The predicted molar refractivity (Wildman–Crippen MR) is 100.0 cm³/mol. The van der Waals surface area contributed by atoms with Crippen molar-refractivity contribution in [3.8, 4) is 0 Å². The van der Waals surface area contributed by atoms with Gasteiger partial charge in [0.05, 0.1) is 12.2 Å². The summed E-state index contributed by atoms with van der Waals surface area (Å²) in [6.45, 7) is 13.6. The predicted octanol–water partition coefficient (Wildman–Crippen LogP) is 3.84. The fourth-order valence-corrected chi connectivity index (χ4v) is 3.87. The third kappa shape index (κ3) is 3.41. The maximum absolute atomic E-state index is 12.8. The van der Waals surface area contributed by atoms with Gasteiger partial charge >= 0.3 is 0 Å². The maximum Gasteiger partial charge on any atom is 0.274 e. The molecule has 26 heavy (non-hydrogen) atoms. The highest BCUT2D eigenvalue weighted by Crippen LogP contribution is 2.38. The molecule has 1 aliphatic carbocycles. The van der Waals surface area contributed by atoms with Gasteiger partial charge in [0.2, 0.25) is 0 Å². The number of carbonyl (C=O) groups excluding carboxylic acids is 1. The zero-order valence-electron chi connectivity index (χ0n) is 16.7. The zero-order chi connectivity index (χ0) is 19.1. The van der Waals surface area contributed by atoms with E-state index in [1.807, 2.05) is 24.7 Å². The Hall–Kier alpha value is -2.11. The fraction of sp³-hybridized carbons (Fsp3) is 0.650. The van der Waals surface area contributed by atoms with Crippen molar-refractivity contribution < 1.29 is 9.32 Å². The minimum Gasteiger partial charge on any atom is -0.360 e. The Morgan fingerprint density at radius 1 is 1.46 bits per heavy atom. The van der Waals surface area contributed by atoms with Crippen LogP contribution in [0.4, 0.5) is 0 Å². The normalized spacial score (nSPS) is 18.5. The molecule has 1 amide bonds. The lowest BCUT2D eigenvalue weighted by Crippen LogP contribution is -2.30. The third-order valence-corrected chi connectivity index (χ3v) is 5.73. The minimum atomic E-state index is -0.166. The molecule has 6 nitrogen and oxygen atoms in total. The van der Waals surface area contributed by atoms with Crippen LogP contribution >= 0.6 is 0 Å². The van der Waals surface area contributed by atoms with E-state index in [-0.39, 0.29) is 17.4 Å². The fourth-order valence-electron chi connectivity index (χ4n) is 3.87. The second kappa shape index (κ2) is 6.89. The summed E-state index contributed by atoms with van der Waals surface area (Å²) < 4.78 is 7.41. The van der Waals surface area contributed by atoms with Crippen molar-refractivity contribution >= 4 is 5.91 Å². The molecular formula is C20H30N4O2. The van der Waals surface area contributed by atoms with Crippen molar-refractivity contribution in [1.82, 2.24) is 20.3 Å². The van der Waals surface area contributed by atoms with Gasteiger partial charge in [-0.15, -0.1) is 0 Å². The van der Waals surface area contributed by atoms with Crippen LogP contribution in [0.15, 0.2) is 10.7 Å². The van der Waals surface area contributed by atoms with Crippen molar-refractivity contribution in [3.05, 3.63) is 34.5 Å². The molecular weight excluding hydrogens is 328 g/mol. The summed E-state index contributed by atoms with van der Waals surface area (Å²) in [6, 6.07) is -0.128. The SMILES string of the molecule is CCn1ncc([C@H](C)NC(=O)c2noc3c2C[C@@H](C(C)(C)C)CC3)c1C. The molecule has 1 N–H and O–H groups in total. The standard InChI is InChI=1S/C20H30N4O2/c1-7-24-13(3)16(11-21-24)12(2)22-19(25)18-15-10-14(20(4,5)6)8-9-17(15)26-23-18/h11-12,14H,7-10H2,1-6H3,(H,22,25)/t12-,14-/m0/s1. The van der Waals surface area contributed by atoms with Gasteiger partial charge in [-0.3, -0.25) is 9.48 Å². The van der Waals surface area contributed by atoms with E-state index < -0.39 is 0 Å². The number of rotatable bonds is 4. The molecule has 0 aliphatic heterocycles. The Bertz CT molecular complexity index is 797. The quantitative estimate of drug-likeness (QED) is 0.901. The third-order valence-electron chi connectivity index (χ3n) is 5.73. The molecule has 2 aromatic rings. The van der Waals surface area contributed by atoms with Crippen molar-refractivity contribution in [2.45, 2.75) is 73.4 Å². The summed E-state index contributed by atoms with van der Waals surface area (Å²) in [5.74, 6) is 1.24. The average molecular weight is 358 g/mol. The Labute approximate surface area is 155 Å². The van der Waals surface area contributed by atoms with Gasteiger partial charge in [0.1, 0.15) is 5.76 Å². The molecule has 6 heteroatoms. The highest BCUT2D eigenvalue weighted by molar-refractivity contribution is 5.94. The largest absolute Gasteiger partial charge is 0.360 e. The molecule has 0 unspecified atom stereocenters. The molecule has 3 rings (SSSR count). The number of nitrogens with zero attached hydrogens (tertiary/aromatic N) is 3. The van der Waals surface area contributed by atoms with Crippen LogP contribution in [0, 0.1) is 18.3 Å². The molecule has 0 aromatic carbocycles. The summed E-state index contributed by atoms with van der Waals surface area (Å²) in [7, 11) is 0. The molecule has 0 saturated heterocycles. The minimum absolute atomic E-state index is 0.128. The molecule has 0 spiro atoms. The Kier molecular flexibility index (Phi) is 4.95. The number of amides is 1. The number of nitrogens with one attached hydrogen (secondary N) is 1. The lowest BCUT2D eigenvalue weighted by atomic mass is 9.71. The van der Waals surface area contributed by atoms with Crippen molar-refractivity contribution in [1.29, 1.82) is 0 Å². The van der Waals surface area contributed by atoms with Gasteiger partial charge in [0.15, 0.2) is 5.69 Å². The van der Waals surface area contributed by atoms with Crippen LogP contribution in [0.3, 0.4) is 0 Å². The van der Waals surface area contributed by atoms with Crippen LogP contribution < -0.4 is 5.32 Å². The van der Waals surface area contributed by atoms with Gasteiger partial charge in [-0.25, -0.2) is 0 Å². The smallest absolute Gasteiger partial charge is 0.274 e. The maximum atomic E-state index is 12.8. The summed E-state index contributed by atoms with van der Waals surface area (Å²) in [5, 5.41) is 11.5. The van der Waals surface area contributed by atoms with Crippen LogP contribution in [0.25, 0.3) is 0 Å². The Morgan fingerprint density at radius 2 is 2.19 bits per heavy atom. The monoisotopic (exact) mass is 358 g/mol. The van der Waals surface area contributed by atoms with Crippen LogP contribution in [0.2, 0.25) is 0 Å². The van der Waals surface area contributed by atoms with Gasteiger partial charge in [0, 0.05) is 29.8 Å². The van der Waals surface area contributed by atoms with E-state index in [1.54, 1.807) is 0 Å². The van der Waals surface area contributed by atoms with Crippen LogP contribution in [0.1, 0.15) is 80.2 Å². The first kappa shape index (κ1) is 18.7. The van der Waals surface area contributed by atoms with Crippen molar-refractivity contribution in [2.75, 3.05) is 0 Å². The second-order valence-electron chi connectivity index (χ2n) is 8.43. The van der Waals surface area contributed by atoms with E-state index in [2.05, 4.69) is 43.3 Å². The van der Waals surface area contributed by atoms with E-state index in [9.17, 15) is 4.79 Å². The molecule has 0 bridgehead atoms. The van der Waals surface area contributed by atoms with E-state index in [1.165, 1.54) is 0 Å². The van der Waals surface area contributed by atoms with Crippen LogP contribution in [-0.4, -0.2) is 20.8 Å². The number of carbonyl (C=O) groups is 1. The molecule has 0 fully saturated rings. The molecule has 0 saturated carbocycles. The summed E-state index contributed by atoms with van der Waals surface area (Å²) >= 11 is 0. The van der Waals surface area contributed by atoms with E-state index in [0.717, 1.165) is 48.4 Å².